The number of hydrogen-bond acceptors (Lipinski definition) is 2. The normalized spacial score (nSPS) is 34.1. The molecule has 2 rings (SSSR count). The van der Waals surface area contributed by atoms with Crippen molar-refractivity contribution in [3.05, 3.63) is 0 Å². The third-order valence-electron chi connectivity index (χ3n) is 5.79. The average Bonchev–Trinajstić information content (AvgIpc) is 2.66. The molecule has 0 aromatic carbocycles. The van der Waals surface area contributed by atoms with Gasteiger partial charge in [0.25, 0.3) is 0 Å². The third kappa shape index (κ3) is 2.29. The minimum absolute atomic E-state index is 0.214. The van der Waals surface area contributed by atoms with E-state index in [9.17, 15) is 4.79 Å². The van der Waals surface area contributed by atoms with E-state index in [1.807, 2.05) is 0 Å². The maximum atomic E-state index is 12.2. The predicted molar refractivity (Wildman–Crippen MR) is 74.3 cm³/mol. The van der Waals surface area contributed by atoms with E-state index in [0.717, 1.165) is 25.9 Å². The first kappa shape index (κ1) is 13.9. The molecule has 1 saturated heterocycles. The Kier molecular flexibility index (Phi) is 3.48. The quantitative estimate of drug-likeness (QED) is 0.808. The topological polar surface area (TPSA) is 41.1 Å². The Morgan fingerprint density at radius 2 is 1.89 bits per heavy atom. The zero-order chi connectivity index (χ0) is 13.6. The van der Waals surface area contributed by atoms with Gasteiger partial charge in [0, 0.05) is 18.5 Å². The van der Waals surface area contributed by atoms with Crippen LogP contribution in [0.3, 0.4) is 0 Å². The van der Waals surface area contributed by atoms with Crippen LogP contribution in [0.5, 0.6) is 0 Å². The van der Waals surface area contributed by atoms with Gasteiger partial charge < -0.3 is 10.6 Å². The highest BCUT2D eigenvalue weighted by Crippen LogP contribution is 2.67. The molecule has 1 amide bonds. The molecule has 2 N–H and O–H groups in total. The van der Waals surface area contributed by atoms with Crippen molar-refractivity contribution in [3.8, 4) is 0 Å². The van der Waals surface area contributed by atoms with Gasteiger partial charge >= 0.3 is 0 Å². The minimum atomic E-state index is 0.214. The van der Waals surface area contributed by atoms with E-state index in [1.165, 1.54) is 0 Å². The molecule has 2 fully saturated rings. The van der Waals surface area contributed by atoms with Crippen LogP contribution in [0.2, 0.25) is 0 Å². The average molecular weight is 252 g/mol. The molecule has 0 bridgehead atoms. The van der Waals surface area contributed by atoms with Crippen LogP contribution >= 0.6 is 0 Å². The fourth-order valence-electron chi connectivity index (χ4n) is 3.56. The summed E-state index contributed by atoms with van der Waals surface area (Å²) < 4.78 is 0. The van der Waals surface area contributed by atoms with Crippen molar-refractivity contribution in [1.29, 1.82) is 0 Å². The van der Waals surface area contributed by atoms with Gasteiger partial charge in [-0.1, -0.05) is 27.7 Å². The number of rotatable bonds is 3. The van der Waals surface area contributed by atoms with Crippen molar-refractivity contribution in [2.45, 2.75) is 53.5 Å². The molecule has 2 atom stereocenters. The Labute approximate surface area is 111 Å². The van der Waals surface area contributed by atoms with Crippen molar-refractivity contribution < 1.29 is 4.79 Å². The second-order valence-electron chi connectivity index (χ2n) is 7.32. The fourth-order valence-corrected chi connectivity index (χ4v) is 3.56. The van der Waals surface area contributed by atoms with Gasteiger partial charge in [-0.25, -0.2) is 0 Å². The number of nitrogens with one attached hydrogen (secondary N) is 2. The van der Waals surface area contributed by atoms with Crippen LogP contribution in [0.4, 0.5) is 0 Å². The Morgan fingerprint density at radius 3 is 2.39 bits per heavy atom. The molecule has 18 heavy (non-hydrogen) atoms. The van der Waals surface area contributed by atoms with Crippen LogP contribution in [0.1, 0.15) is 47.5 Å². The molecule has 0 spiro atoms. The molecule has 0 radical (unpaired) electrons. The van der Waals surface area contributed by atoms with E-state index in [0.29, 0.717) is 22.8 Å². The molecular weight excluding hydrogens is 224 g/mol. The van der Waals surface area contributed by atoms with Crippen LogP contribution in [-0.2, 0) is 4.79 Å². The first-order valence-corrected chi connectivity index (χ1v) is 7.28. The Hall–Kier alpha value is -0.570. The molecule has 1 heterocycles. The van der Waals surface area contributed by atoms with Gasteiger partial charge in [-0.3, -0.25) is 4.79 Å². The lowest BCUT2D eigenvalue weighted by atomic mass is 9.92. The van der Waals surface area contributed by atoms with Crippen molar-refractivity contribution in [2.24, 2.45) is 22.7 Å². The second kappa shape index (κ2) is 4.52. The van der Waals surface area contributed by atoms with Gasteiger partial charge in [-0.2, -0.15) is 0 Å². The van der Waals surface area contributed by atoms with Gasteiger partial charge in [0.05, 0.1) is 0 Å². The summed E-state index contributed by atoms with van der Waals surface area (Å²) in [6.45, 7) is 13.2. The molecule has 2 unspecified atom stereocenters. The molecule has 104 valence electrons. The summed E-state index contributed by atoms with van der Waals surface area (Å²) in [6, 6.07) is 0.475. The van der Waals surface area contributed by atoms with Crippen LogP contribution < -0.4 is 10.6 Å². The lowest BCUT2D eigenvalue weighted by molar-refractivity contribution is -0.126. The molecule has 2 aliphatic rings. The van der Waals surface area contributed by atoms with Gasteiger partial charge in [0.2, 0.25) is 5.91 Å². The summed E-state index contributed by atoms with van der Waals surface area (Å²) in [4.78, 5) is 12.2. The summed E-state index contributed by atoms with van der Waals surface area (Å²) in [5.41, 5.74) is 0.726. The minimum Gasteiger partial charge on any atom is -0.356 e. The van der Waals surface area contributed by atoms with Crippen LogP contribution in [0, 0.1) is 22.7 Å². The first-order valence-electron chi connectivity index (χ1n) is 7.28. The molecule has 1 saturated carbocycles. The van der Waals surface area contributed by atoms with Crippen LogP contribution in [0.25, 0.3) is 0 Å². The van der Waals surface area contributed by atoms with E-state index in [2.05, 4.69) is 45.3 Å². The first-order chi connectivity index (χ1) is 8.26. The second-order valence-corrected chi connectivity index (χ2v) is 7.32. The standard InChI is InChI=1S/C15H28N2O/c1-10-8-11(6-7-16-10)13(18)17-9-12-14(2,3)15(12,4)5/h10-12,16H,6-9H2,1-5H3,(H,17,18). The maximum absolute atomic E-state index is 12.2. The van der Waals surface area contributed by atoms with Crippen LogP contribution in [0.15, 0.2) is 0 Å². The van der Waals surface area contributed by atoms with Crippen molar-refractivity contribution in [1.82, 2.24) is 10.6 Å². The van der Waals surface area contributed by atoms with Crippen LogP contribution in [-0.4, -0.2) is 25.0 Å². The number of carbonyl (C=O) groups is 1. The molecule has 3 heteroatoms. The molecule has 1 aliphatic heterocycles. The lowest BCUT2D eigenvalue weighted by Gasteiger charge is -2.27. The highest BCUT2D eigenvalue weighted by Gasteiger charge is 2.64. The van der Waals surface area contributed by atoms with E-state index in [-0.39, 0.29) is 11.8 Å². The highest BCUT2D eigenvalue weighted by molar-refractivity contribution is 5.78. The van der Waals surface area contributed by atoms with Gasteiger partial charge in [-0.05, 0) is 43.1 Å². The number of piperidine rings is 1. The zero-order valence-corrected chi connectivity index (χ0v) is 12.5. The summed E-state index contributed by atoms with van der Waals surface area (Å²) in [7, 11) is 0. The Morgan fingerprint density at radius 1 is 1.28 bits per heavy atom. The van der Waals surface area contributed by atoms with E-state index < -0.39 is 0 Å². The fraction of sp³-hybridized carbons (Fsp3) is 0.933. The Balaban J connectivity index is 1.79. The number of carbonyl (C=O) groups excluding carboxylic acids is 1. The summed E-state index contributed by atoms with van der Waals surface area (Å²) in [5.74, 6) is 1.10. The summed E-state index contributed by atoms with van der Waals surface area (Å²) in [6.07, 6.45) is 1.96. The summed E-state index contributed by atoms with van der Waals surface area (Å²) in [5, 5.41) is 6.57. The largest absolute Gasteiger partial charge is 0.356 e. The van der Waals surface area contributed by atoms with Crippen molar-refractivity contribution in [3.63, 3.8) is 0 Å². The van der Waals surface area contributed by atoms with Crippen molar-refractivity contribution in [2.75, 3.05) is 13.1 Å². The van der Waals surface area contributed by atoms with E-state index in [4.69, 9.17) is 0 Å². The molecule has 0 aromatic heterocycles. The van der Waals surface area contributed by atoms with E-state index in [1.54, 1.807) is 0 Å². The number of hydrogen-bond donors (Lipinski definition) is 2. The van der Waals surface area contributed by atoms with E-state index >= 15 is 0 Å². The SMILES string of the molecule is CC1CC(C(=O)NCC2C(C)(C)C2(C)C)CCN1. The van der Waals surface area contributed by atoms with Gasteiger partial charge in [0.15, 0.2) is 0 Å². The summed E-state index contributed by atoms with van der Waals surface area (Å²) >= 11 is 0. The molecule has 3 nitrogen and oxygen atoms in total. The lowest BCUT2D eigenvalue weighted by Crippen LogP contribution is -2.43. The third-order valence-corrected chi connectivity index (χ3v) is 5.79. The molecule has 0 aromatic rings. The maximum Gasteiger partial charge on any atom is 0.223 e. The molecule has 1 aliphatic carbocycles. The van der Waals surface area contributed by atoms with Crippen molar-refractivity contribution >= 4 is 5.91 Å². The Bertz CT molecular complexity index is 321. The molecular formula is C15H28N2O. The highest BCUT2D eigenvalue weighted by atomic mass is 16.1. The zero-order valence-electron chi connectivity index (χ0n) is 12.5. The number of amides is 1. The van der Waals surface area contributed by atoms with Gasteiger partial charge in [0.1, 0.15) is 0 Å². The predicted octanol–water partition coefficient (Wildman–Crippen LogP) is 2.17. The van der Waals surface area contributed by atoms with Gasteiger partial charge in [-0.15, -0.1) is 0 Å². The monoisotopic (exact) mass is 252 g/mol. The smallest absolute Gasteiger partial charge is 0.223 e.